The fourth-order valence-electron chi connectivity index (χ4n) is 1.74. The third-order valence-electron chi connectivity index (χ3n) is 3.46. The molecule has 0 saturated carbocycles. The third-order valence-corrected chi connectivity index (χ3v) is 3.46. The second-order valence-corrected chi connectivity index (χ2v) is 6.79. The van der Waals surface area contributed by atoms with E-state index in [-0.39, 0.29) is 6.10 Å². The molecule has 120 valence electrons. The van der Waals surface area contributed by atoms with Crippen LogP contribution in [-0.2, 0) is 6.54 Å². The first-order chi connectivity index (χ1) is 9.81. The minimum Gasteiger partial charge on any atom is -0.487 e. The zero-order valence-electron chi connectivity index (χ0n) is 14.6. The summed E-state index contributed by atoms with van der Waals surface area (Å²) in [7, 11) is 0. The summed E-state index contributed by atoms with van der Waals surface area (Å²) in [6, 6.07) is 0. The Balaban J connectivity index is 2.88. The number of ether oxygens (including phenoxy) is 1. The Morgan fingerprint density at radius 1 is 1.10 bits per heavy atom. The molecule has 0 bridgehead atoms. The van der Waals surface area contributed by atoms with Crippen molar-refractivity contribution < 1.29 is 4.74 Å². The van der Waals surface area contributed by atoms with Crippen molar-refractivity contribution in [3.63, 3.8) is 0 Å². The standard InChI is InChI=1S/C17H31N3O/c1-11(2)8-18-9-15-16(21-14(7)12(3)4)10-19-17(20-15)13(5)6/h10-14,18H,8-9H2,1-7H3. The van der Waals surface area contributed by atoms with Gasteiger partial charge >= 0.3 is 0 Å². The van der Waals surface area contributed by atoms with Crippen LogP contribution in [0.3, 0.4) is 0 Å². The molecule has 0 saturated heterocycles. The molecule has 0 spiro atoms. The molecule has 0 aliphatic rings. The highest BCUT2D eigenvalue weighted by Gasteiger charge is 2.15. The Labute approximate surface area is 129 Å². The summed E-state index contributed by atoms with van der Waals surface area (Å²) < 4.78 is 6.03. The van der Waals surface area contributed by atoms with Gasteiger partial charge in [0.2, 0.25) is 0 Å². The lowest BCUT2D eigenvalue weighted by atomic mass is 10.1. The molecule has 0 aliphatic carbocycles. The molecule has 1 heterocycles. The highest BCUT2D eigenvalue weighted by Crippen LogP contribution is 2.21. The summed E-state index contributed by atoms with van der Waals surface area (Å²) in [6.45, 7) is 16.7. The molecule has 1 atom stereocenters. The Hall–Kier alpha value is -1.16. The lowest BCUT2D eigenvalue weighted by molar-refractivity contribution is 0.166. The zero-order chi connectivity index (χ0) is 16.0. The van der Waals surface area contributed by atoms with E-state index < -0.39 is 0 Å². The number of rotatable bonds is 8. The average molecular weight is 293 g/mol. The minimum absolute atomic E-state index is 0.155. The fourth-order valence-corrected chi connectivity index (χ4v) is 1.74. The van der Waals surface area contributed by atoms with Crippen LogP contribution in [0.2, 0.25) is 0 Å². The lowest BCUT2D eigenvalue weighted by Gasteiger charge is -2.20. The van der Waals surface area contributed by atoms with E-state index in [1.54, 1.807) is 0 Å². The molecule has 4 heteroatoms. The predicted molar refractivity (Wildman–Crippen MR) is 87.6 cm³/mol. The van der Waals surface area contributed by atoms with Crippen LogP contribution in [0.25, 0.3) is 0 Å². The SMILES string of the molecule is CC(C)CNCc1nc(C(C)C)ncc1OC(C)C(C)C. The van der Waals surface area contributed by atoms with E-state index >= 15 is 0 Å². The van der Waals surface area contributed by atoms with Crippen LogP contribution < -0.4 is 10.1 Å². The van der Waals surface area contributed by atoms with Gasteiger partial charge in [-0.2, -0.15) is 0 Å². The first kappa shape index (κ1) is 17.9. The van der Waals surface area contributed by atoms with E-state index in [2.05, 4.69) is 63.8 Å². The molecule has 1 N–H and O–H groups in total. The van der Waals surface area contributed by atoms with Crippen molar-refractivity contribution in [3.8, 4) is 5.75 Å². The average Bonchev–Trinajstić information content (AvgIpc) is 2.39. The van der Waals surface area contributed by atoms with Crippen LogP contribution in [0.5, 0.6) is 5.75 Å². The van der Waals surface area contributed by atoms with Gasteiger partial charge in [0.15, 0.2) is 5.75 Å². The van der Waals surface area contributed by atoms with Gasteiger partial charge in [0.25, 0.3) is 0 Å². The third kappa shape index (κ3) is 6.00. The summed E-state index contributed by atoms with van der Waals surface area (Å²) in [6.07, 6.45) is 1.98. The quantitative estimate of drug-likeness (QED) is 0.792. The van der Waals surface area contributed by atoms with Crippen molar-refractivity contribution >= 4 is 0 Å². The molecular formula is C17H31N3O. The second kappa shape index (κ2) is 8.32. The Bertz CT molecular complexity index is 430. The Morgan fingerprint density at radius 2 is 1.76 bits per heavy atom. The highest BCUT2D eigenvalue weighted by molar-refractivity contribution is 5.25. The predicted octanol–water partition coefficient (Wildman–Crippen LogP) is 3.77. The number of hydrogen-bond donors (Lipinski definition) is 1. The van der Waals surface area contributed by atoms with E-state index in [1.807, 2.05) is 6.20 Å². The smallest absolute Gasteiger partial charge is 0.160 e. The van der Waals surface area contributed by atoms with Gasteiger partial charge in [-0.15, -0.1) is 0 Å². The van der Waals surface area contributed by atoms with Gasteiger partial charge in [0.1, 0.15) is 5.82 Å². The molecule has 0 fully saturated rings. The molecule has 0 radical (unpaired) electrons. The monoisotopic (exact) mass is 293 g/mol. The van der Waals surface area contributed by atoms with Gasteiger partial charge in [0, 0.05) is 12.5 Å². The maximum atomic E-state index is 6.03. The van der Waals surface area contributed by atoms with Crippen LogP contribution >= 0.6 is 0 Å². The number of hydrogen-bond acceptors (Lipinski definition) is 4. The van der Waals surface area contributed by atoms with Gasteiger partial charge < -0.3 is 10.1 Å². The fraction of sp³-hybridized carbons (Fsp3) is 0.765. The van der Waals surface area contributed by atoms with Crippen molar-refractivity contribution in [1.82, 2.24) is 15.3 Å². The number of nitrogens with zero attached hydrogens (tertiary/aromatic N) is 2. The zero-order valence-corrected chi connectivity index (χ0v) is 14.6. The second-order valence-electron chi connectivity index (χ2n) is 6.79. The Morgan fingerprint density at radius 3 is 2.29 bits per heavy atom. The number of nitrogens with one attached hydrogen (secondary N) is 1. The van der Waals surface area contributed by atoms with Crippen molar-refractivity contribution in [2.24, 2.45) is 11.8 Å². The lowest BCUT2D eigenvalue weighted by Crippen LogP contribution is -2.23. The largest absolute Gasteiger partial charge is 0.487 e. The van der Waals surface area contributed by atoms with Crippen LogP contribution in [-0.4, -0.2) is 22.6 Å². The normalized spacial score (nSPS) is 13.2. The summed E-state index contributed by atoms with van der Waals surface area (Å²) >= 11 is 0. The van der Waals surface area contributed by atoms with Gasteiger partial charge in [-0.1, -0.05) is 41.5 Å². The summed E-state index contributed by atoms with van der Waals surface area (Å²) in [5, 5.41) is 3.44. The maximum absolute atomic E-state index is 6.03. The molecule has 0 aromatic carbocycles. The van der Waals surface area contributed by atoms with Gasteiger partial charge in [-0.3, -0.25) is 0 Å². The summed E-state index contributed by atoms with van der Waals surface area (Å²) in [4.78, 5) is 9.11. The number of aromatic nitrogens is 2. The molecule has 1 aromatic rings. The molecule has 1 rings (SSSR count). The van der Waals surface area contributed by atoms with Gasteiger partial charge in [-0.05, 0) is 25.3 Å². The van der Waals surface area contributed by atoms with Crippen molar-refractivity contribution in [2.45, 2.75) is 67.0 Å². The van der Waals surface area contributed by atoms with E-state index in [4.69, 9.17) is 4.74 Å². The summed E-state index contributed by atoms with van der Waals surface area (Å²) in [5.74, 6) is 3.09. The maximum Gasteiger partial charge on any atom is 0.160 e. The van der Waals surface area contributed by atoms with Crippen LogP contribution in [0.1, 0.15) is 65.9 Å². The van der Waals surface area contributed by atoms with E-state index in [9.17, 15) is 0 Å². The first-order valence-electron chi connectivity index (χ1n) is 8.04. The molecule has 0 amide bonds. The van der Waals surface area contributed by atoms with E-state index in [0.29, 0.717) is 17.8 Å². The minimum atomic E-state index is 0.155. The van der Waals surface area contributed by atoms with Crippen LogP contribution in [0.4, 0.5) is 0 Å². The molecule has 1 unspecified atom stereocenters. The molecule has 1 aromatic heterocycles. The molecule has 4 nitrogen and oxygen atoms in total. The van der Waals surface area contributed by atoms with Crippen molar-refractivity contribution in [3.05, 3.63) is 17.7 Å². The van der Waals surface area contributed by atoms with Gasteiger partial charge in [0.05, 0.1) is 18.0 Å². The topological polar surface area (TPSA) is 47.0 Å². The highest BCUT2D eigenvalue weighted by atomic mass is 16.5. The molecule has 0 aliphatic heterocycles. The van der Waals surface area contributed by atoms with Crippen LogP contribution in [0.15, 0.2) is 6.20 Å². The van der Waals surface area contributed by atoms with Crippen molar-refractivity contribution in [1.29, 1.82) is 0 Å². The van der Waals surface area contributed by atoms with Crippen LogP contribution in [0, 0.1) is 11.8 Å². The van der Waals surface area contributed by atoms with E-state index in [1.165, 1.54) is 0 Å². The van der Waals surface area contributed by atoms with Crippen molar-refractivity contribution in [2.75, 3.05) is 6.54 Å². The van der Waals surface area contributed by atoms with Gasteiger partial charge in [-0.25, -0.2) is 9.97 Å². The summed E-state index contributed by atoms with van der Waals surface area (Å²) in [5.41, 5.74) is 0.960. The molecular weight excluding hydrogens is 262 g/mol. The molecule has 21 heavy (non-hydrogen) atoms. The first-order valence-corrected chi connectivity index (χ1v) is 8.04. The Kier molecular flexibility index (Phi) is 7.09. The van der Waals surface area contributed by atoms with E-state index in [0.717, 1.165) is 30.4 Å².